The summed E-state index contributed by atoms with van der Waals surface area (Å²) in [5, 5.41) is 14.1. The van der Waals surface area contributed by atoms with Gasteiger partial charge in [-0.25, -0.2) is 4.98 Å². The molecule has 0 saturated heterocycles. The molecular weight excluding hydrogens is 256 g/mol. The summed E-state index contributed by atoms with van der Waals surface area (Å²) in [6.45, 7) is 1.45. The third-order valence-electron chi connectivity index (χ3n) is 3.43. The standard InChI is InChI=1S/C14H16N4O2/c19-18(20)13-5-1-11(2-6-13)10-17-8-7-15-14(17)9-16-12-3-4-12/h1-2,5-8,12,16H,3-4,9-10H2. The topological polar surface area (TPSA) is 73.0 Å². The van der Waals surface area contributed by atoms with Crippen LogP contribution in [0.4, 0.5) is 5.69 Å². The highest BCUT2D eigenvalue weighted by atomic mass is 16.6. The summed E-state index contributed by atoms with van der Waals surface area (Å²) in [5.41, 5.74) is 1.15. The van der Waals surface area contributed by atoms with Crippen molar-refractivity contribution in [2.24, 2.45) is 0 Å². The number of imidazole rings is 1. The number of nitrogens with one attached hydrogen (secondary N) is 1. The molecule has 6 nitrogen and oxygen atoms in total. The zero-order chi connectivity index (χ0) is 13.9. The second kappa shape index (κ2) is 5.42. The van der Waals surface area contributed by atoms with Gasteiger partial charge in [-0.2, -0.15) is 0 Å². The molecule has 104 valence electrons. The highest BCUT2D eigenvalue weighted by molar-refractivity contribution is 5.33. The van der Waals surface area contributed by atoms with Crippen molar-refractivity contribution in [1.29, 1.82) is 0 Å². The fourth-order valence-corrected chi connectivity index (χ4v) is 2.09. The molecule has 1 aromatic heterocycles. The second-order valence-corrected chi connectivity index (χ2v) is 5.05. The van der Waals surface area contributed by atoms with Gasteiger partial charge in [0.05, 0.1) is 11.5 Å². The van der Waals surface area contributed by atoms with E-state index in [1.54, 1.807) is 18.3 Å². The molecule has 0 bridgehead atoms. The molecule has 0 amide bonds. The van der Waals surface area contributed by atoms with Crippen LogP contribution < -0.4 is 5.32 Å². The molecule has 3 rings (SSSR count). The first-order valence-electron chi connectivity index (χ1n) is 6.69. The van der Waals surface area contributed by atoms with E-state index >= 15 is 0 Å². The fraction of sp³-hybridized carbons (Fsp3) is 0.357. The first kappa shape index (κ1) is 12.8. The van der Waals surface area contributed by atoms with Crippen LogP contribution in [0.2, 0.25) is 0 Å². The van der Waals surface area contributed by atoms with Gasteiger partial charge >= 0.3 is 0 Å². The molecule has 1 N–H and O–H groups in total. The van der Waals surface area contributed by atoms with E-state index < -0.39 is 0 Å². The average Bonchev–Trinajstić information content (AvgIpc) is 3.18. The molecule has 0 spiro atoms. The average molecular weight is 272 g/mol. The lowest BCUT2D eigenvalue weighted by Crippen LogP contribution is -2.19. The van der Waals surface area contributed by atoms with E-state index in [1.807, 2.05) is 6.20 Å². The monoisotopic (exact) mass is 272 g/mol. The van der Waals surface area contributed by atoms with Crippen molar-refractivity contribution in [2.75, 3.05) is 0 Å². The number of benzene rings is 1. The summed E-state index contributed by atoms with van der Waals surface area (Å²) >= 11 is 0. The lowest BCUT2D eigenvalue weighted by Gasteiger charge is -2.08. The van der Waals surface area contributed by atoms with Crippen LogP contribution in [0.1, 0.15) is 24.2 Å². The summed E-state index contributed by atoms with van der Waals surface area (Å²) in [7, 11) is 0. The predicted molar refractivity (Wildman–Crippen MR) is 74.3 cm³/mol. The number of nitro benzene ring substituents is 1. The summed E-state index contributed by atoms with van der Waals surface area (Å²) in [6.07, 6.45) is 6.23. The molecule has 1 aliphatic carbocycles. The highest BCUT2D eigenvalue weighted by Gasteiger charge is 2.20. The Labute approximate surface area is 116 Å². The summed E-state index contributed by atoms with van der Waals surface area (Å²) in [5.74, 6) is 0.996. The third-order valence-corrected chi connectivity index (χ3v) is 3.43. The van der Waals surface area contributed by atoms with Crippen molar-refractivity contribution in [3.63, 3.8) is 0 Å². The Bertz CT molecular complexity index is 602. The Kier molecular flexibility index (Phi) is 3.47. The van der Waals surface area contributed by atoms with Crippen LogP contribution >= 0.6 is 0 Å². The summed E-state index contributed by atoms with van der Waals surface area (Å²) in [4.78, 5) is 14.6. The van der Waals surface area contributed by atoms with Crippen molar-refractivity contribution in [2.45, 2.75) is 32.0 Å². The van der Waals surface area contributed by atoms with Crippen LogP contribution in [-0.4, -0.2) is 20.5 Å². The Morgan fingerprint density at radius 3 is 2.75 bits per heavy atom. The molecule has 20 heavy (non-hydrogen) atoms. The number of rotatable bonds is 6. The SMILES string of the molecule is O=[N+]([O-])c1ccc(Cn2ccnc2CNC2CC2)cc1. The largest absolute Gasteiger partial charge is 0.329 e. The van der Waals surface area contributed by atoms with E-state index in [4.69, 9.17) is 0 Å². The van der Waals surface area contributed by atoms with E-state index in [9.17, 15) is 10.1 Å². The van der Waals surface area contributed by atoms with Gasteiger partial charge in [0.1, 0.15) is 5.82 Å². The Morgan fingerprint density at radius 2 is 2.10 bits per heavy atom. The van der Waals surface area contributed by atoms with Crippen LogP contribution in [0.25, 0.3) is 0 Å². The lowest BCUT2D eigenvalue weighted by molar-refractivity contribution is -0.384. The van der Waals surface area contributed by atoms with Gasteiger partial charge in [-0.3, -0.25) is 10.1 Å². The van der Waals surface area contributed by atoms with Gasteiger partial charge in [0, 0.05) is 37.1 Å². The molecule has 1 fully saturated rings. The molecule has 0 unspecified atom stereocenters. The number of nitro groups is 1. The van der Waals surface area contributed by atoms with Gasteiger partial charge < -0.3 is 9.88 Å². The number of aromatic nitrogens is 2. The molecule has 2 aromatic rings. The van der Waals surface area contributed by atoms with E-state index in [1.165, 1.54) is 25.0 Å². The zero-order valence-electron chi connectivity index (χ0n) is 11.0. The molecule has 1 aromatic carbocycles. The van der Waals surface area contributed by atoms with Gasteiger partial charge in [-0.05, 0) is 18.4 Å². The fourth-order valence-electron chi connectivity index (χ4n) is 2.09. The van der Waals surface area contributed by atoms with Gasteiger partial charge in [-0.15, -0.1) is 0 Å². The van der Waals surface area contributed by atoms with Gasteiger partial charge in [0.2, 0.25) is 0 Å². The van der Waals surface area contributed by atoms with Crippen LogP contribution in [-0.2, 0) is 13.1 Å². The van der Waals surface area contributed by atoms with Crippen molar-refractivity contribution in [1.82, 2.24) is 14.9 Å². The normalized spacial score (nSPS) is 14.4. The maximum absolute atomic E-state index is 10.6. The zero-order valence-corrected chi connectivity index (χ0v) is 11.0. The molecule has 1 heterocycles. The highest BCUT2D eigenvalue weighted by Crippen LogP contribution is 2.19. The van der Waals surface area contributed by atoms with E-state index in [0.717, 1.165) is 17.9 Å². The molecule has 1 aliphatic rings. The van der Waals surface area contributed by atoms with Gasteiger partial charge in [0.25, 0.3) is 5.69 Å². The number of non-ortho nitro benzene ring substituents is 1. The predicted octanol–water partition coefficient (Wildman–Crippen LogP) is 2.09. The molecule has 6 heteroatoms. The number of nitrogens with zero attached hydrogens (tertiary/aromatic N) is 3. The second-order valence-electron chi connectivity index (χ2n) is 5.05. The van der Waals surface area contributed by atoms with Crippen LogP contribution in [0.3, 0.4) is 0 Å². The third kappa shape index (κ3) is 3.03. The summed E-state index contributed by atoms with van der Waals surface area (Å²) < 4.78 is 2.07. The molecule has 1 saturated carbocycles. The lowest BCUT2D eigenvalue weighted by atomic mass is 10.2. The first-order chi connectivity index (χ1) is 9.72. The van der Waals surface area contributed by atoms with E-state index in [-0.39, 0.29) is 10.6 Å². The first-order valence-corrected chi connectivity index (χ1v) is 6.69. The number of hydrogen-bond donors (Lipinski definition) is 1. The molecule has 0 aliphatic heterocycles. The Morgan fingerprint density at radius 1 is 1.35 bits per heavy atom. The van der Waals surface area contributed by atoms with Crippen LogP contribution in [0.15, 0.2) is 36.7 Å². The van der Waals surface area contributed by atoms with Gasteiger partial charge in [0.15, 0.2) is 0 Å². The van der Waals surface area contributed by atoms with Crippen molar-refractivity contribution < 1.29 is 4.92 Å². The van der Waals surface area contributed by atoms with Crippen LogP contribution in [0, 0.1) is 10.1 Å². The minimum atomic E-state index is -0.383. The maximum atomic E-state index is 10.6. The van der Waals surface area contributed by atoms with E-state index in [2.05, 4.69) is 14.9 Å². The molecule has 0 atom stereocenters. The van der Waals surface area contributed by atoms with Crippen molar-refractivity contribution >= 4 is 5.69 Å². The number of hydrogen-bond acceptors (Lipinski definition) is 4. The molecular formula is C14H16N4O2. The minimum absolute atomic E-state index is 0.120. The van der Waals surface area contributed by atoms with Crippen molar-refractivity contribution in [3.05, 3.63) is 58.2 Å². The maximum Gasteiger partial charge on any atom is 0.269 e. The Hall–Kier alpha value is -2.21. The smallest absolute Gasteiger partial charge is 0.269 e. The van der Waals surface area contributed by atoms with Gasteiger partial charge in [-0.1, -0.05) is 12.1 Å². The van der Waals surface area contributed by atoms with E-state index in [0.29, 0.717) is 12.6 Å². The molecule has 0 radical (unpaired) electrons. The summed E-state index contributed by atoms with van der Waals surface area (Å²) in [6, 6.07) is 7.30. The Balaban J connectivity index is 1.67. The quantitative estimate of drug-likeness (QED) is 0.645. The van der Waals surface area contributed by atoms with Crippen LogP contribution in [0.5, 0.6) is 0 Å². The van der Waals surface area contributed by atoms with Crippen molar-refractivity contribution in [3.8, 4) is 0 Å². The minimum Gasteiger partial charge on any atom is -0.329 e.